The Kier molecular flexibility index (Phi) is 6.34. The first-order valence-electron chi connectivity index (χ1n) is 5.93. The normalized spacial score (nSPS) is 10.8. The Balaban J connectivity index is 2.33. The first kappa shape index (κ1) is 13.4. The molecule has 0 bridgehead atoms. The second-order valence-corrected chi connectivity index (χ2v) is 5.76. The van der Waals surface area contributed by atoms with Crippen LogP contribution >= 0.6 is 11.8 Å². The van der Waals surface area contributed by atoms with Crippen LogP contribution in [-0.2, 0) is 0 Å². The Morgan fingerprint density at radius 3 is 2.44 bits per heavy atom. The highest BCUT2D eigenvalue weighted by Crippen LogP contribution is 2.24. The zero-order chi connectivity index (χ0) is 11.8. The Morgan fingerprint density at radius 2 is 1.88 bits per heavy atom. The molecule has 1 aromatic carbocycles. The minimum atomic E-state index is 0.642. The van der Waals surface area contributed by atoms with Crippen molar-refractivity contribution in [3.8, 4) is 0 Å². The van der Waals surface area contributed by atoms with Gasteiger partial charge in [0.05, 0.1) is 0 Å². The lowest BCUT2D eigenvalue weighted by molar-refractivity contribution is 0.774. The number of hydrogen-bond acceptors (Lipinski definition) is 3. The van der Waals surface area contributed by atoms with Crippen molar-refractivity contribution in [2.45, 2.75) is 36.8 Å². The fourth-order valence-corrected chi connectivity index (χ4v) is 2.26. The van der Waals surface area contributed by atoms with Gasteiger partial charge in [-0.1, -0.05) is 13.8 Å². The lowest BCUT2D eigenvalue weighted by Crippen LogP contribution is -2.05. The highest BCUT2D eigenvalue weighted by atomic mass is 32.2. The van der Waals surface area contributed by atoms with Crippen LogP contribution in [0.2, 0.25) is 0 Å². The number of unbranched alkanes of at least 4 members (excludes halogenated alkanes) is 1. The molecule has 2 nitrogen and oxygen atoms in total. The van der Waals surface area contributed by atoms with Crippen molar-refractivity contribution < 1.29 is 0 Å². The number of benzene rings is 1. The number of anilines is 1. The molecule has 1 aromatic rings. The van der Waals surface area contributed by atoms with E-state index < -0.39 is 0 Å². The Morgan fingerprint density at radius 1 is 1.19 bits per heavy atom. The summed E-state index contributed by atoms with van der Waals surface area (Å²) in [7, 11) is 0. The summed E-state index contributed by atoms with van der Waals surface area (Å²) < 4.78 is 0. The third-order valence-electron chi connectivity index (χ3n) is 2.19. The number of thioether (sulfide) groups is 1. The predicted molar refractivity (Wildman–Crippen MR) is 74.2 cm³/mol. The fourth-order valence-electron chi connectivity index (χ4n) is 1.43. The van der Waals surface area contributed by atoms with E-state index in [0.717, 1.165) is 25.9 Å². The van der Waals surface area contributed by atoms with Crippen LogP contribution in [0.3, 0.4) is 0 Å². The Bertz CT molecular complexity index is 282. The van der Waals surface area contributed by atoms with Gasteiger partial charge < -0.3 is 11.1 Å². The summed E-state index contributed by atoms with van der Waals surface area (Å²) >= 11 is 1.89. The van der Waals surface area contributed by atoms with Crippen molar-refractivity contribution in [2.75, 3.05) is 18.4 Å². The molecule has 0 fully saturated rings. The molecule has 3 heteroatoms. The lowest BCUT2D eigenvalue weighted by atomic mass is 10.3. The van der Waals surface area contributed by atoms with Gasteiger partial charge in [-0.25, -0.2) is 0 Å². The van der Waals surface area contributed by atoms with Gasteiger partial charge in [0.2, 0.25) is 0 Å². The average molecular weight is 238 g/mol. The molecule has 16 heavy (non-hydrogen) atoms. The summed E-state index contributed by atoms with van der Waals surface area (Å²) in [4.78, 5) is 1.34. The van der Waals surface area contributed by atoms with Gasteiger partial charge in [-0.3, -0.25) is 0 Å². The van der Waals surface area contributed by atoms with Crippen LogP contribution < -0.4 is 11.1 Å². The SMILES string of the molecule is CC(C)Sc1ccc(NCCCCN)cc1. The van der Waals surface area contributed by atoms with Crippen LogP contribution in [0.5, 0.6) is 0 Å². The number of hydrogen-bond donors (Lipinski definition) is 2. The van der Waals surface area contributed by atoms with E-state index in [9.17, 15) is 0 Å². The van der Waals surface area contributed by atoms with Crippen molar-refractivity contribution in [3.63, 3.8) is 0 Å². The van der Waals surface area contributed by atoms with E-state index in [2.05, 4.69) is 43.4 Å². The van der Waals surface area contributed by atoms with Gasteiger partial charge in [0.1, 0.15) is 0 Å². The third-order valence-corrected chi connectivity index (χ3v) is 3.20. The molecule has 90 valence electrons. The van der Waals surface area contributed by atoms with E-state index in [1.807, 2.05) is 11.8 Å². The summed E-state index contributed by atoms with van der Waals surface area (Å²) in [6.45, 7) is 6.22. The van der Waals surface area contributed by atoms with E-state index >= 15 is 0 Å². The second-order valence-electron chi connectivity index (χ2n) is 4.11. The van der Waals surface area contributed by atoms with Crippen LogP contribution in [0.25, 0.3) is 0 Å². The molecule has 3 N–H and O–H groups in total. The number of nitrogens with two attached hydrogens (primary N) is 1. The minimum Gasteiger partial charge on any atom is -0.385 e. The van der Waals surface area contributed by atoms with Crippen molar-refractivity contribution in [1.82, 2.24) is 0 Å². The van der Waals surface area contributed by atoms with Crippen LogP contribution in [0, 0.1) is 0 Å². The summed E-state index contributed by atoms with van der Waals surface area (Å²) in [5.41, 5.74) is 6.64. The molecule has 0 saturated heterocycles. The van der Waals surface area contributed by atoms with Gasteiger partial charge >= 0.3 is 0 Å². The standard InChI is InChI=1S/C13H22N2S/c1-11(2)16-13-7-5-12(6-8-13)15-10-4-3-9-14/h5-8,11,15H,3-4,9-10,14H2,1-2H3. The van der Waals surface area contributed by atoms with E-state index in [1.54, 1.807) is 0 Å². The molecular weight excluding hydrogens is 216 g/mol. The summed E-state index contributed by atoms with van der Waals surface area (Å²) in [5, 5.41) is 4.04. The second kappa shape index (κ2) is 7.58. The van der Waals surface area contributed by atoms with Gasteiger partial charge in [0.15, 0.2) is 0 Å². The minimum absolute atomic E-state index is 0.642. The molecular formula is C13H22N2S. The highest BCUT2D eigenvalue weighted by molar-refractivity contribution is 7.99. The summed E-state index contributed by atoms with van der Waals surface area (Å²) in [5.74, 6) is 0. The van der Waals surface area contributed by atoms with Gasteiger partial charge in [0, 0.05) is 22.4 Å². The van der Waals surface area contributed by atoms with Gasteiger partial charge in [-0.2, -0.15) is 0 Å². The quantitative estimate of drug-likeness (QED) is 0.565. The molecule has 1 rings (SSSR count). The number of nitrogens with one attached hydrogen (secondary N) is 1. The molecule has 0 radical (unpaired) electrons. The van der Waals surface area contributed by atoms with Crippen molar-refractivity contribution in [3.05, 3.63) is 24.3 Å². The van der Waals surface area contributed by atoms with Crippen LogP contribution in [0.1, 0.15) is 26.7 Å². The van der Waals surface area contributed by atoms with E-state index in [4.69, 9.17) is 5.73 Å². The lowest BCUT2D eigenvalue weighted by Gasteiger charge is -2.08. The van der Waals surface area contributed by atoms with Gasteiger partial charge in [-0.05, 0) is 43.7 Å². The zero-order valence-corrected chi connectivity index (χ0v) is 11.0. The fraction of sp³-hybridized carbons (Fsp3) is 0.538. The van der Waals surface area contributed by atoms with Crippen LogP contribution in [0.4, 0.5) is 5.69 Å². The molecule has 0 atom stereocenters. The van der Waals surface area contributed by atoms with E-state index in [0.29, 0.717) is 5.25 Å². The van der Waals surface area contributed by atoms with Crippen molar-refractivity contribution >= 4 is 17.4 Å². The molecule has 0 aliphatic rings. The summed E-state index contributed by atoms with van der Waals surface area (Å²) in [6.07, 6.45) is 2.23. The topological polar surface area (TPSA) is 38.0 Å². The summed E-state index contributed by atoms with van der Waals surface area (Å²) in [6, 6.07) is 8.65. The Labute approximate surface area is 103 Å². The molecule has 0 aromatic heterocycles. The van der Waals surface area contributed by atoms with Crippen molar-refractivity contribution in [2.24, 2.45) is 5.73 Å². The molecule has 0 amide bonds. The largest absolute Gasteiger partial charge is 0.385 e. The molecule has 0 unspecified atom stereocenters. The van der Waals surface area contributed by atoms with E-state index in [-0.39, 0.29) is 0 Å². The zero-order valence-electron chi connectivity index (χ0n) is 10.2. The average Bonchev–Trinajstić information content (AvgIpc) is 2.26. The van der Waals surface area contributed by atoms with Crippen molar-refractivity contribution in [1.29, 1.82) is 0 Å². The van der Waals surface area contributed by atoms with Crippen LogP contribution in [-0.4, -0.2) is 18.3 Å². The third kappa shape index (κ3) is 5.42. The predicted octanol–water partition coefficient (Wildman–Crippen LogP) is 3.34. The van der Waals surface area contributed by atoms with Crippen LogP contribution in [0.15, 0.2) is 29.2 Å². The molecule has 0 spiro atoms. The molecule has 0 aliphatic heterocycles. The molecule has 0 saturated carbocycles. The number of rotatable bonds is 7. The Hall–Kier alpha value is -0.670. The molecule has 0 aliphatic carbocycles. The highest BCUT2D eigenvalue weighted by Gasteiger charge is 1.98. The maximum Gasteiger partial charge on any atom is 0.0340 e. The maximum absolute atomic E-state index is 5.44. The first-order valence-corrected chi connectivity index (χ1v) is 6.81. The molecule has 0 heterocycles. The maximum atomic E-state index is 5.44. The first-order chi connectivity index (χ1) is 7.72. The van der Waals surface area contributed by atoms with E-state index in [1.165, 1.54) is 10.6 Å². The smallest absolute Gasteiger partial charge is 0.0340 e. The monoisotopic (exact) mass is 238 g/mol. The van der Waals surface area contributed by atoms with Gasteiger partial charge in [-0.15, -0.1) is 11.8 Å². The van der Waals surface area contributed by atoms with Gasteiger partial charge in [0.25, 0.3) is 0 Å².